The van der Waals surface area contributed by atoms with E-state index in [1.807, 2.05) is 42.9 Å². The highest BCUT2D eigenvalue weighted by molar-refractivity contribution is 5.77. The Kier molecular flexibility index (Phi) is 4.61. The van der Waals surface area contributed by atoms with Gasteiger partial charge in [0, 0.05) is 26.0 Å². The first kappa shape index (κ1) is 14.4. The Hall–Kier alpha value is -2.04. The lowest BCUT2D eigenvalue weighted by Crippen LogP contribution is -2.32. The van der Waals surface area contributed by atoms with Crippen molar-refractivity contribution < 1.29 is 9.53 Å². The molecule has 0 aliphatic carbocycles. The molecule has 5 heteroatoms. The summed E-state index contributed by atoms with van der Waals surface area (Å²) >= 11 is 0. The van der Waals surface area contributed by atoms with Crippen LogP contribution in [-0.2, 0) is 4.79 Å². The lowest BCUT2D eigenvalue weighted by molar-refractivity contribution is -0.132. The molecule has 2 heterocycles. The Bertz CT molecular complexity index is 592. The molecular weight excluding hydrogens is 254 g/mol. The van der Waals surface area contributed by atoms with Crippen molar-refractivity contribution in [3.8, 4) is 5.75 Å². The minimum absolute atomic E-state index is 0.0104. The van der Waals surface area contributed by atoms with Gasteiger partial charge in [0.1, 0.15) is 0 Å². The quantitative estimate of drug-likeness (QED) is 0.812. The van der Waals surface area contributed by atoms with Crippen LogP contribution in [0.4, 0.5) is 0 Å². The number of pyridine rings is 1. The molecule has 2 aromatic rings. The van der Waals surface area contributed by atoms with E-state index in [1.165, 1.54) is 0 Å². The summed E-state index contributed by atoms with van der Waals surface area (Å²) in [5.74, 6) is 0.626. The van der Waals surface area contributed by atoms with Gasteiger partial charge in [-0.15, -0.1) is 0 Å². The van der Waals surface area contributed by atoms with Gasteiger partial charge in [0.25, 0.3) is 5.91 Å². The van der Waals surface area contributed by atoms with Crippen LogP contribution in [0.15, 0.2) is 24.5 Å². The minimum Gasteiger partial charge on any atom is -0.480 e. The predicted octanol–water partition coefficient (Wildman–Crippen LogP) is 2.28. The number of imidazole rings is 1. The van der Waals surface area contributed by atoms with E-state index in [2.05, 4.69) is 11.9 Å². The number of fused-ring (bicyclic) bond motifs is 1. The van der Waals surface area contributed by atoms with E-state index in [1.54, 1.807) is 4.90 Å². The molecule has 2 rings (SSSR count). The lowest BCUT2D eigenvalue weighted by Gasteiger charge is -2.17. The molecule has 0 saturated heterocycles. The number of likely N-dealkylation sites (N-methyl/N-ethyl adjacent to an activating group) is 1. The Morgan fingerprint density at radius 2 is 2.30 bits per heavy atom. The number of carbonyl (C=O) groups is 1. The highest BCUT2D eigenvalue weighted by Gasteiger charge is 2.11. The van der Waals surface area contributed by atoms with Crippen molar-refractivity contribution >= 4 is 11.6 Å². The van der Waals surface area contributed by atoms with Crippen LogP contribution in [0.5, 0.6) is 5.75 Å². The Morgan fingerprint density at radius 3 is 3.05 bits per heavy atom. The molecule has 1 amide bonds. The van der Waals surface area contributed by atoms with E-state index in [9.17, 15) is 4.79 Å². The zero-order valence-corrected chi connectivity index (χ0v) is 12.3. The van der Waals surface area contributed by atoms with Crippen molar-refractivity contribution in [3.63, 3.8) is 0 Å². The summed E-state index contributed by atoms with van der Waals surface area (Å²) in [4.78, 5) is 18.0. The van der Waals surface area contributed by atoms with Crippen LogP contribution in [0.25, 0.3) is 5.65 Å². The normalized spacial score (nSPS) is 10.8. The topological polar surface area (TPSA) is 46.8 Å². The highest BCUT2D eigenvalue weighted by Crippen LogP contribution is 2.18. The van der Waals surface area contributed by atoms with Gasteiger partial charge >= 0.3 is 0 Å². The smallest absolute Gasteiger partial charge is 0.260 e. The number of nitrogens with zero attached hydrogens (tertiary/aromatic N) is 3. The number of carbonyl (C=O) groups excluding carboxylic acids is 1. The molecule has 0 bridgehead atoms. The summed E-state index contributed by atoms with van der Waals surface area (Å²) in [6.07, 6.45) is 5.93. The minimum atomic E-state index is -0.0104. The molecule has 108 valence electrons. The second kappa shape index (κ2) is 6.41. The van der Waals surface area contributed by atoms with E-state index in [-0.39, 0.29) is 12.5 Å². The highest BCUT2D eigenvalue weighted by atomic mass is 16.5. The van der Waals surface area contributed by atoms with Crippen molar-refractivity contribution in [1.29, 1.82) is 0 Å². The average molecular weight is 275 g/mol. The summed E-state index contributed by atoms with van der Waals surface area (Å²) in [5.41, 5.74) is 1.67. The third-order valence-electron chi connectivity index (χ3n) is 3.19. The summed E-state index contributed by atoms with van der Waals surface area (Å²) in [6.45, 7) is 4.85. The van der Waals surface area contributed by atoms with Gasteiger partial charge in [-0.3, -0.25) is 4.79 Å². The average Bonchev–Trinajstić information content (AvgIpc) is 2.82. The fraction of sp³-hybridized carbons (Fsp3) is 0.467. The van der Waals surface area contributed by atoms with E-state index in [0.717, 1.165) is 30.7 Å². The molecule has 0 radical (unpaired) electrons. The Balaban J connectivity index is 2.00. The molecule has 0 spiro atoms. The van der Waals surface area contributed by atoms with Crippen LogP contribution in [0.1, 0.15) is 25.5 Å². The molecule has 5 nitrogen and oxygen atoms in total. The second-order valence-corrected chi connectivity index (χ2v) is 4.94. The van der Waals surface area contributed by atoms with Gasteiger partial charge in [-0.2, -0.15) is 0 Å². The van der Waals surface area contributed by atoms with Crippen LogP contribution in [0.2, 0.25) is 0 Å². The molecule has 0 aliphatic rings. The van der Waals surface area contributed by atoms with Crippen LogP contribution in [0.3, 0.4) is 0 Å². The zero-order chi connectivity index (χ0) is 14.5. The van der Waals surface area contributed by atoms with Gasteiger partial charge in [0.15, 0.2) is 18.0 Å². The lowest BCUT2D eigenvalue weighted by atomic mass is 10.3. The first-order valence-electron chi connectivity index (χ1n) is 6.93. The van der Waals surface area contributed by atoms with Crippen molar-refractivity contribution in [3.05, 3.63) is 30.2 Å². The fourth-order valence-electron chi connectivity index (χ4n) is 1.99. The molecule has 0 unspecified atom stereocenters. The SMILES string of the molecule is CCCCN(C)C(=O)COc1cccn2cc(C)nc12. The van der Waals surface area contributed by atoms with Crippen LogP contribution in [-0.4, -0.2) is 40.4 Å². The Morgan fingerprint density at radius 1 is 1.50 bits per heavy atom. The van der Waals surface area contributed by atoms with Gasteiger partial charge in [-0.05, 0) is 25.5 Å². The molecule has 0 atom stereocenters. The van der Waals surface area contributed by atoms with E-state index >= 15 is 0 Å². The maximum atomic E-state index is 11.9. The van der Waals surface area contributed by atoms with Gasteiger partial charge in [-0.1, -0.05) is 13.3 Å². The number of ether oxygens (including phenoxy) is 1. The van der Waals surface area contributed by atoms with Crippen LogP contribution in [0, 0.1) is 6.92 Å². The summed E-state index contributed by atoms with van der Waals surface area (Å²) in [5, 5.41) is 0. The number of hydrogen-bond acceptors (Lipinski definition) is 3. The third kappa shape index (κ3) is 3.29. The van der Waals surface area contributed by atoms with Gasteiger partial charge in [-0.25, -0.2) is 4.98 Å². The van der Waals surface area contributed by atoms with Crippen LogP contribution >= 0.6 is 0 Å². The standard InChI is InChI=1S/C15H21N3O2/c1-4-5-8-17(3)14(19)11-20-13-7-6-9-18-10-12(2)16-15(13)18/h6-7,9-10H,4-5,8,11H2,1-3H3. The first-order chi connectivity index (χ1) is 9.61. The predicted molar refractivity (Wildman–Crippen MR) is 78.0 cm³/mol. The maximum Gasteiger partial charge on any atom is 0.260 e. The number of amides is 1. The van der Waals surface area contributed by atoms with E-state index in [4.69, 9.17) is 4.74 Å². The molecule has 2 aromatic heterocycles. The van der Waals surface area contributed by atoms with E-state index < -0.39 is 0 Å². The van der Waals surface area contributed by atoms with Crippen molar-refractivity contribution in [2.75, 3.05) is 20.2 Å². The van der Waals surface area contributed by atoms with Gasteiger partial charge in [0.05, 0.1) is 5.69 Å². The molecule has 0 fully saturated rings. The number of aryl methyl sites for hydroxylation is 1. The van der Waals surface area contributed by atoms with Gasteiger partial charge in [0.2, 0.25) is 0 Å². The molecular formula is C15H21N3O2. The number of aromatic nitrogens is 2. The molecule has 0 saturated carbocycles. The first-order valence-corrected chi connectivity index (χ1v) is 6.93. The summed E-state index contributed by atoms with van der Waals surface area (Å²) in [7, 11) is 1.81. The van der Waals surface area contributed by atoms with Crippen molar-refractivity contribution in [2.45, 2.75) is 26.7 Å². The molecule has 0 aromatic carbocycles. The number of rotatable bonds is 6. The Labute approximate surface area is 119 Å². The molecule has 0 N–H and O–H groups in total. The van der Waals surface area contributed by atoms with Gasteiger partial charge < -0.3 is 14.0 Å². The monoisotopic (exact) mass is 275 g/mol. The maximum absolute atomic E-state index is 11.9. The summed E-state index contributed by atoms with van der Waals surface area (Å²) in [6, 6.07) is 3.72. The number of hydrogen-bond donors (Lipinski definition) is 0. The summed E-state index contributed by atoms with van der Waals surface area (Å²) < 4.78 is 7.52. The zero-order valence-electron chi connectivity index (χ0n) is 12.3. The van der Waals surface area contributed by atoms with Crippen LogP contribution < -0.4 is 4.74 Å². The second-order valence-electron chi connectivity index (χ2n) is 4.94. The van der Waals surface area contributed by atoms with Crippen molar-refractivity contribution in [1.82, 2.24) is 14.3 Å². The van der Waals surface area contributed by atoms with Crippen molar-refractivity contribution in [2.24, 2.45) is 0 Å². The third-order valence-corrected chi connectivity index (χ3v) is 3.19. The largest absolute Gasteiger partial charge is 0.480 e. The number of unbranched alkanes of at least 4 members (excludes halogenated alkanes) is 1. The molecule has 20 heavy (non-hydrogen) atoms. The molecule has 0 aliphatic heterocycles. The van der Waals surface area contributed by atoms with E-state index in [0.29, 0.717) is 5.75 Å². The fourth-order valence-corrected chi connectivity index (χ4v) is 1.99.